The number of hydrogen-bond acceptors (Lipinski definition) is 4. The molecule has 7 heteroatoms. The third kappa shape index (κ3) is 4.98. The zero-order valence-electron chi connectivity index (χ0n) is 18.7. The summed E-state index contributed by atoms with van der Waals surface area (Å²) >= 11 is 13.4. The molecule has 0 spiro atoms. The molecule has 0 unspecified atom stereocenters. The number of nitrogens with zero attached hydrogens (tertiary/aromatic N) is 3. The molecule has 0 amide bonds. The summed E-state index contributed by atoms with van der Waals surface area (Å²) < 4.78 is 1.81. The highest BCUT2D eigenvalue weighted by atomic mass is 35.5. The lowest BCUT2D eigenvalue weighted by molar-refractivity contribution is 0.105. The number of allylic oxidation sites excluding steroid dienone is 1. The molecule has 0 fully saturated rings. The van der Waals surface area contributed by atoms with Crippen LogP contribution in [0.5, 0.6) is 0 Å². The number of rotatable bonds is 6. The Labute approximate surface area is 217 Å². The van der Waals surface area contributed by atoms with Gasteiger partial charge in [0.25, 0.3) is 0 Å². The second-order valence-corrected chi connectivity index (χ2v) is 9.63. The van der Waals surface area contributed by atoms with Crippen molar-refractivity contribution in [1.82, 2.24) is 14.8 Å². The summed E-state index contributed by atoms with van der Waals surface area (Å²) in [5.74, 6) is -0.131. The second-order valence-electron chi connectivity index (χ2n) is 7.84. The van der Waals surface area contributed by atoms with E-state index in [1.54, 1.807) is 18.2 Å². The molecule has 0 radical (unpaired) electrons. The van der Waals surface area contributed by atoms with Crippen LogP contribution < -0.4 is 0 Å². The zero-order chi connectivity index (χ0) is 24.4. The van der Waals surface area contributed by atoms with Crippen molar-refractivity contribution in [1.29, 1.82) is 0 Å². The maximum atomic E-state index is 13.0. The normalized spacial score (nSPS) is 11.3. The summed E-state index contributed by atoms with van der Waals surface area (Å²) in [6.45, 7) is 1.84. The third-order valence-electron chi connectivity index (χ3n) is 5.41. The van der Waals surface area contributed by atoms with E-state index in [2.05, 4.69) is 0 Å². The first-order valence-corrected chi connectivity index (χ1v) is 12.4. The quantitative estimate of drug-likeness (QED) is 0.169. The number of thiazole rings is 1. The molecule has 0 saturated heterocycles. The van der Waals surface area contributed by atoms with Crippen LogP contribution in [0, 0.1) is 6.92 Å². The van der Waals surface area contributed by atoms with Crippen LogP contribution in [0.4, 0.5) is 0 Å². The Hall–Kier alpha value is -3.51. The molecule has 0 N–H and O–H groups in total. The number of ketones is 1. The van der Waals surface area contributed by atoms with Crippen LogP contribution in [0.25, 0.3) is 33.7 Å². The third-order valence-corrected chi connectivity index (χ3v) is 7.30. The van der Waals surface area contributed by atoms with Crippen LogP contribution in [0.15, 0.2) is 91.0 Å². The van der Waals surface area contributed by atoms with Gasteiger partial charge in [-0.25, -0.2) is 9.67 Å². The lowest BCUT2D eigenvalue weighted by Crippen LogP contribution is -1.98. The van der Waals surface area contributed by atoms with Gasteiger partial charge in [0.2, 0.25) is 5.13 Å². The van der Waals surface area contributed by atoms with Crippen molar-refractivity contribution in [3.05, 3.63) is 117 Å². The van der Waals surface area contributed by atoms with Gasteiger partial charge in [0.15, 0.2) is 5.78 Å². The van der Waals surface area contributed by atoms with E-state index in [4.69, 9.17) is 33.3 Å². The molecule has 0 aliphatic heterocycles. The van der Waals surface area contributed by atoms with Crippen molar-refractivity contribution in [2.45, 2.75) is 6.92 Å². The number of aromatic nitrogens is 3. The summed E-state index contributed by atoms with van der Waals surface area (Å²) in [6, 6.07) is 27.3. The highest BCUT2D eigenvalue weighted by molar-refractivity contribution is 7.16. The lowest BCUT2D eigenvalue weighted by atomic mass is 10.1. The average molecular weight is 516 g/mol. The van der Waals surface area contributed by atoms with E-state index in [1.807, 2.05) is 84.4 Å². The van der Waals surface area contributed by atoms with Gasteiger partial charge in [0.1, 0.15) is 0 Å². The van der Waals surface area contributed by atoms with Crippen LogP contribution in [0.3, 0.4) is 0 Å². The molecular formula is C28H19Cl2N3OS. The van der Waals surface area contributed by atoms with Crippen molar-refractivity contribution in [2.24, 2.45) is 0 Å². The minimum absolute atomic E-state index is 0.131. The van der Waals surface area contributed by atoms with Crippen molar-refractivity contribution >= 4 is 46.4 Å². The Morgan fingerprint density at radius 1 is 0.886 bits per heavy atom. The van der Waals surface area contributed by atoms with Crippen LogP contribution in [-0.4, -0.2) is 20.5 Å². The van der Waals surface area contributed by atoms with Gasteiger partial charge in [-0.3, -0.25) is 4.79 Å². The number of benzene rings is 3. The van der Waals surface area contributed by atoms with Gasteiger partial charge >= 0.3 is 0 Å². The molecule has 5 rings (SSSR count). The number of aryl methyl sites for hydroxylation is 1. The summed E-state index contributed by atoms with van der Waals surface area (Å²) in [5, 5.41) is 6.41. The number of carbonyl (C=O) groups is 1. The second kappa shape index (κ2) is 10.0. The highest BCUT2D eigenvalue weighted by Gasteiger charge is 2.19. The monoisotopic (exact) mass is 515 g/mol. The van der Waals surface area contributed by atoms with E-state index in [9.17, 15) is 4.79 Å². The fourth-order valence-corrected chi connectivity index (χ4v) is 4.92. The average Bonchev–Trinajstić information content (AvgIpc) is 3.50. The molecule has 0 bridgehead atoms. The van der Waals surface area contributed by atoms with Gasteiger partial charge in [-0.05, 0) is 36.8 Å². The molecule has 0 saturated carbocycles. The summed E-state index contributed by atoms with van der Waals surface area (Å²) in [4.78, 5) is 18.3. The van der Waals surface area contributed by atoms with Gasteiger partial charge in [0, 0.05) is 11.1 Å². The van der Waals surface area contributed by atoms with Crippen LogP contribution in [-0.2, 0) is 0 Å². The largest absolute Gasteiger partial charge is 0.288 e. The molecule has 5 aromatic rings. The Bertz CT molecular complexity index is 1540. The molecule has 2 aromatic heterocycles. The topological polar surface area (TPSA) is 47.8 Å². The maximum absolute atomic E-state index is 13.0. The van der Waals surface area contributed by atoms with E-state index in [-0.39, 0.29) is 5.78 Å². The molecule has 172 valence electrons. The van der Waals surface area contributed by atoms with E-state index in [0.29, 0.717) is 25.7 Å². The predicted molar refractivity (Wildman–Crippen MR) is 145 cm³/mol. The molecule has 0 aliphatic carbocycles. The molecule has 3 aromatic carbocycles. The molecule has 35 heavy (non-hydrogen) atoms. The van der Waals surface area contributed by atoms with E-state index in [0.717, 1.165) is 28.1 Å². The molecule has 4 nitrogen and oxygen atoms in total. The highest BCUT2D eigenvalue weighted by Crippen LogP contribution is 2.31. The Kier molecular flexibility index (Phi) is 6.64. The van der Waals surface area contributed by atoms with E-state index < -0.39 is 0 Å². The van der Waals surface area contributed by atoms with Gasteiger partial charge < -0.3 is 0 Å². The van der Waals surface area contributed by atoms with Gasteiger partial charge in [-0.1, -0.05) is 107 Å². The van der Waals surface area contributed by atoms with Gasteiger partial charge in [-0.2, -0.15) is 5.10 Å². The van der Waals surface area contributed by atoms with Crippen LogP contribution in [0.2, 0.25) is 10.0 Å². The first-order chi connectivity index (χ1) is 17.0. The Morgan fingerprint density at radius 2 is 1.57 bits per heavy atom. The van der Waals surface area contributed by atoms with Crippen molar-refractivity contribution in [2.75, 3.05) is 0 Å². The minimum Gasteiger partial charge on any atom is -0.288 e. The Balaban J connectivity index is 1.52. The zero-order valence-corrected chi connectivity index (χ0v) is 21.0. The Morgan fingerprint density at radius 3 is 2.26 bits per heavy atom. The molecular weight excluding hydrogens is 497 g/mol. The van der Waals surface area contributed by atoms with Gasteiger partial charge in [0.05, 0.1) is 32.0 Å². The van der Waals surface area contributed by atoms with E-state index >= 15 is 0 Å². The summed E-state index contributed by atoms with van der Waals surface area (Å²) in [6.07, 6.45) is 3.25. The summed E-state index contributed by atoms with van der Waals surface area (Å²) in [5.41, 5.74) is 5.22. The van der Waals surface area contributed by atoms with Crippen LogP contribution in [0.1, 0.15) is 20.9 Å². The molecule has 0 aliphatic rings. The molecule has 0 atom stereocenters. The van der Waals surface area contributed by atoms with Crippen molar-refractivity contribution in [3.8, 4) is 27.6 Å². The maximum Gasteiger partial charge on any atom is 0.211 e. The summed E-state index contributed by atoms with van der Waals surface area (Å²) in [7, 11) is 0. The number of hydrogen-bond donors (Lipinski definition) is 0. The van der Waals surface area contributed by atoms with Gasteiger partial charge in [-0.15, -0.1) is 0 Å². The fourth-order valence-electron chi connectivity index (χ4n) is 3.66. The lowest BCUT2D eigenvalue weighted by Gasteiger charge is -2.03. The SMILES string of the molecule is Cc1nc(-n2nc(-c3ccccc3)cc2-c2ccccc2)sc1C(=O)/C=C\c1ccc(Cl)c(Cl)c1. The van der Waals surface area contributed by atoms with Crippen molar-refractivity contribution < 1.29 is 4.79 Å². The fraction of sp³-hybridized carbons (Fsp3) is 0.0357. The van der Waals surface area contributed by atoms with E-state index in [1.165, 1.54) is 17.4 Å². The van der Waals surface area contributed by atoms with Crippen LogP contribution >= 0.6 is 34.5 Å². The first kappa shape index (κ1) is 23.2. The standard InChI is InChI=1S/C28H19Cl2N3OS/c1-18-27(26(34)15-13-19-12-14-22(29)23(30)16-19)35-28(31-18)33-25(21-10-6-3-7-11-21)17-24(32-33)20-8-4-2-5-9-20/h2-17H,1H3/b15-13-. The first-order valence-electron chi connectivity index (χ1n) is 10.9. The number of halogens is 2. The molecule has 2 heterocycles. The smallest absolute Gasteiger partial charge is 0.211 e. The predicted octanol–water partition coefficient (Wildman–Crippen LogP) is 8.17. The van der Waals surface area contributed by atoms with Crippen molar-refractivity contribution in [3.63, 3.8) is 0 Å². The number of carbonyl (C=O) groups excluding carboxylic acids is 1. The minimum atomic E-state index is -0.131.